The number of hydrogen-bond donors (Lipinski definition) is 0. The number of benzene rings is 3. The molecule has 1 amide bonds. The lowest BCUT2D eigenvalue weighted by Gasteiger charge is -2.24. The van der Waals surface area contributed by atoms with Crippen LogP contribution >= 0.6 is 11.6 Å². The molecule has 0 saturated carbocycles. The van der Waals surface area contributed by atoms with E-state index < -0.39 is 0 Å². The maximum absolute atomic E-state index is 13.6. The van der Waals surface area contributed by atoms with E-state index in [4.69, 9.17) is 11.6 Å². The van der Waals surface area contributed by atoms with E-state index >= 15 is 0 Å². The summed E-state index contributed by atoms with van der Waals surface area (Å²) in [5, 5.41) is 0.593. The molecule has 3 nitrogen and oxygen atoms in total. The van der Waals surface area contributed by atoms with Crippen LogP contribution in [0.4, 0.5) is 4.39 Å². The number of nitrogens with zero attached hydrogens (tertiary/aromatic N) is 2. The van der Waals surface area contributed by atoms with E-state index in [2.05, 4.69) is 0 Å². The Balaban J connectivity index is 1.60. The smallest absolute Gasteiger partial charge is 0.254 e. The van der Waals surface area contributed by atoms with Gasteiger partial charge in [0.15, 0.2) is 0 Å². The van der Waals surface area contributed by atoms with Crippen LogP contribution in [0.2, 0.25) is 5.02 Å². The summed E-state index contributed by atoms with van der Waals surface area (Å²) in [6.07, 6.45) is 1.95. The molecule has 31 heavy (non-hydrogen) atoms. The minimum Gasteiger partial charge on any atom is -0.345 e. The van der Waals surface area contributed by atoms with E-state index in [-0.39, 0.29) is 11.7 Å². The fourth-order valence-corrected chi connectivity index (χ4v) is 3.68. The lowest BCUT2D eigenvalue weighted by molar-refractivity contribution is 0.0726. The van der Waals surface area contributed by atoms with Crippen molar-refractivity contribution in [3.63, 3.8) is 0 Å². The molecular formula is C26H22ClFN2O. The molecule has 0 aliphatic carbocycles. The van der Waals surface area contributed by atoms with E-state index in [0.29, 0.717) is 30.2 Å². The van der Waals surface area contributed by atoms with Gasteiger partial charge in [-0.25, -0.2) is 4.39 Å². The number of carbonyl (C=O) groups excluding carboxylic acids is 1. The minimum absolute atomic E-state index is 0.0703. The monoisotopic (exact) mass is 432 g/mol. The number of rotatable bonds is 7. The predicted octanol–water partition coefficient (Wildman–Crippen LogP) is 6.17. The Hall–Kier alpha value is -3.37. The first kappa shape index (κ1) is 20.9. The second-order valence-electron chi connectivity index (χ2n) is 7.41. The first-order chi connectivity index (χ1) is 15.1. The van der Waals surface area contributed by atoms with E-state index in [9.17, 15) is 9.18 Å². The Morgan fingerprint density at radius 2 is 1.58 bits per heavy atom. The second kappa shape index (κ2) is 9.63. The summed E-state index contributed by atoms with van der Waals surface area (Å²) in [6, 6.07) is 27.4. The van der Waals surface area contributed by atoms with Crippen LogP contribution in [0.15, 0.2) is 97.2 Å². The number of carbonyl (C=O) groups is 1. The average Bonchev–Trinajstić information content (AvgIpc) is 3.20. The van der Waals surface area contributed by atoms with Crippen molar-refractivity contribution in [2.75, 3.05) is 0 Å². The highest BCUT2D eigenvalue weighted by Crippen LogP contribution is 2.18. The van der Waals surface area contributed by atoms with Gasteiger partial charge in [0.1, 0.15) is 5.82 Å². The summed E-state index contributed by atoms with van der Waals surface area (Å²) in [5.41, 5.74) is 3.48. The van der Waals surface area contributed by atoms with Gasteiger partial charge in [0.2, 0.25) is 0 Å². The summed E-state index contributed by atoms with van der Waals surface area (Å²) in [5.74, 6) is -0.325. The van der Waals surface area contributed by atoms with Crippen LogP contribution in [0.1, 0.15) is 27.2 Å². The summed E-state index contributed by atoms with van der Waals surface area (Å²) in [4.78, 5) is 15.1. The normalized spacial score (nSPS) is 10.8. The van der Waals surface area contributed by atoms with Crippen molar-refractivity contribution in [2.45, 2.75) is 19.6 Å². The molecule has 3 aromatic carbocycles. The fourth-order valence-electron chi connectivity index (χ4n) is 3.55. The summed E-state index contributed by atoms with van der Waals surface area (Å²) in [7, 11) is 0. The molecule has 0 aliphatic rings. The molecule has 0 radical (unpaired) electrons. The van der Waals surface area contributed by atoms with E-state index in [1.165, 1.54) is 12.1 Å². The number of amides is 1. The van der Waals surface area contributed by atoms with Gasteiger partial charge >= 0.3 is 0 Å². The number of aromatic nitrogens is 1. The molecule has 0 atom stereocenters. The first-order valence-electron chi connectivity index (χ1n) is 10.1. The quantitative estimate of drug-likeness (QED) is 0.342. The molecule has 4 rings (SSSR count). The molecule has 4 aromatic rings. The van der Waals surface area contributed by atoms with Crippen LogP contribution in [-0.2, 0) is 19.6 Å². The van der Waals surface area contributed by atoms with Crippen LogP contribution < -0.4 is 0 Å². The van der Waals surface area contributed by atoms with Gasteiger partial charge in [-0.2, -0.15) is 0 Å². The molecule has 1 heterocycles. The lowest BCUT2D eigenvalue weighted by Crippen LogP contribution is -2.31. The van der Waals surface area contributed by atoms with Crippen LogP contribution in [0.3, 0.4) is 0 Å². The molecule has 1 aromatic heterocycles. The summed E-state index contributed by atoms with van der Waals surface area (Å²) >= 11 is 5.99. The molecule has 0 aliphatic heterocycles. The third kappa shape index (κ3) is 5.41. The van der Waals surface area contributed by atoms with Crippen molar-refractivity contribution in [2.24, 2.45) is 0 Å². The van der Waals surface area contributed by atoms with Crippen molar-refractivity contribution in [1.82, 2.24) is 9.47 Å². The van der Waals surface area contributed by atoms with Gasteiger partial charge in [-0.15, -0.1) is 0 Å². The zero-order valence-electron chi connectivity index (χ0n) is 16.9. The molecule has 0 saturated heterocycles. The van der Waals surface area contributed by atoms with Crippen LogP contribution in [0.25, 0.3) is 0 Å². The Bertz CT molecular complexity index is 1160. The van der Waals surface area contributed by atoms with Crippen molar-refractivity contribution in [3.8, 4) is 0 Å². The molecule has 0 bridgehead atoms. The Kier molecular flexibility index (Phi) is 6.48. The topological polar surface area (TPSA) is 25.2 Å². The highest BCUT2D eigenvalue weighted by atomic mass is 35.5. The molecule has 0 fully saturated rings. The van der Waals surface area contributed by atoms with Gasteiger partial charge in [-0.1, -0.05) is 54.1 Å². The molecule has 156 valence electrons. The third-order valence-corrected chi connectivity index (χ3v) is 5.36. The van der Waals surface area contributed by atoms with Crippen LogP contribution in [0.5, 0.6) is 0 Å². The highest BCUT2D eigenvalue weighted by molar-refractivity contribution is 6.30. The van der Waals surface area contributed by atoms with E-state index in [1.54, 1.807) is 30.3 Å². The number of hydrogen-bond acceptors (Lipinski definition) is 1. The van der Waals surface area contributed by atoms with Crippen molar-refractivity contribution in [3.05, 3.63) is 130 Å². The Morgan fingerprint density at radius 3 is 2.32 bits per heavy atom. The largest absolute Gasteiger partial charge is 0.345 e. The predicted molar refractivity (Wildman–Crippen MR) is 121 cm³/mol. The first-order valence-corrected chi connectivity index (χ1v) is 10.4. The van der Waals surface area contributed by atoms with Crippen molar-refractivity contribution in [1.29, 1.82) is 0 Å². The summed E-state index contributed by atoms with van der Waals surface area (Å²) in [6.45, 7) is 1.44. The van der Waals surface area contributed by atoms with Gasteiger partial charge in [0.05, 0.1) is 6.54 Å². The van der Waals surface area contributed by atoms with E-state index in [0.717, 1.165) is 16.8 Å². The third-order valence-electron chi connectivity index (χ3n) is 5.11. The molecule has 5 heteroatoms. The fraction of sp³-hybridized carbons (Fsp3) is 0.115. The molecular weight excluding hydrogens is 411 g/mol. The highest BCUT2D eigenvalue weighted by Gasteiger charge is 2.18. The van der Waals surface area contributed by atoms with E-state index in [1.807, 2.05) is 64.2 Å². The number of halogens is 2. The average molecular weight is 433 g/mol. The minimum atomic E-state index is -0.255. The molecule has 0 unspecified atom stereocenters. The molecule has 0 spiro atoms. The second-order valence-corrected chi connectivity index (χ2v) is 7.85. The zero-order chi connectivity index (χ0) is 21.6. The Labute approximate surface area is 186 Å². The van der Waals surface area contributed by atoms with Crippen LogP contribution in [0, 0.1) is 5.82 Å². The van der Waals surface area contributed by atoms with Crippen LogP contribution in [-0.4, -0.2) is 15.4 Å². The van der Waals surface area contributed by atoms with Gasteiger partial charge in [0.25, 0.3) is 5.91 Å². The maximum Gasteiger partial charge on any atom is 0.254 e. The van der Waals surface area contributed by atoms with Gasteiger partial charge in [0, 0.05) is 35.6 Å². The standard InChI is InChI=1S/C26H22ClFN2O/c27-23-13-11-22(12-14-23)26(31)30(17-20-6-2-1-3-7-20)19-25-10-5-15-29(25)18-21-8-4-9-24(28)16-21/h1-16H,17-19H2. The van der Waals surface area contributed by atoms with Gasteiger partial charge in [-0.3, -0.25) is 4.79 Å². The van der Waals surface area contributed by atoms with Crippen molar-refractivity contribution < 1.29 is 9.18 Å². The zero-order valence-corrected chi connectivity index (χ0v) is 17.7. The molecule has 0 N–H and O–H groups in total. The maximum atomic E-state index is 13.6. The summed E-state index contributed by atoms with van der Waals surface area (Å²) < 4.78 is 15.6. The van der Waals surface area contributed by atoms with Gasteiger partial charge < -0.3 is 9.47 Å². The van der Waals surface area contributed by atoms with Gasteiger partial charge in [-0.05, 0) is 59.7 Å². The Morgan fingerprint density at radius 1 is 0.839 bits per heavy atom. The van der Waals surface area contributed by atoms with Crippen molar-refractivity contribution >= 4 is 17.5 Å². The SMILES string of the molecule is O=C(c1ccc(Cl)cc1)N(Cc1ccccc1)Cc1cccn1Cc1cccc(F)c1. The lowest BCUT2D eigenvalue weighted by atomic mass is 10.1.